The van der Waals surface area contributed by atoms with Crippen LogP contribution >= 0.6 is 11.3 Å². The summed E-state index contributed by atoms with van der Waals surface area (Å²) >= 11 is 1.80. The van der Waals surface area contributed by atoms with Gasteiger partial charge in [-0.05, 0) is 48.4 Å². The van der Waals surface area contributed by atoms with E-state index in [-0.39, 0.29) is 0 Å². The number of fused-ring (bicyclic) bond motifs is 1. The predicted octanol–water partition coefficient (Wildman–Crippen LogP) is 3.48. The lowest BCUT2D eigenvalue weighted by atomic mass is 10.1. The molecule has 1 aromatic heterocycles. The lowest BCUT2D eigenvalue weighted by molar-refractivity contribution is 0.0697. The quantitative estimate of drug-likeness (QED) is 0.837. The van der Waals surface area contributed by atoms with Gasteiger partial charge in [-0.3, -0.25) is 0 Å². The second kappa shape index (κ2) is 3.07. The average Bonchev–Trinajstić information content (AvgIpc) is 2.97. The number of thiophene rings is 1. The first-order valence-corrected chi connectivity index (χ1v) is 5.82. The Morgan fingerprint density at radius 1 is 1.33 bits per heavy atom. The fourth-order valence-corrected chi connectivity index (χ4v) is 2.98. The SMILES string of the molecule is O=C(O)c1ccc2sc(C3CC3)cc2c1. The average molecular weight is 218 g/mol. The Bertz CT molecular complexity index is 538. The van der Waals surface area contributed by atoms with Crippen LogP contribution in [0.4, 0.5) is 0 Å². The number of carbonyl (C=O) groups is 1. The van der Waals surface area contributed by atoms with Crippen molar-refractivity contribution >= 4 is 27.4 Å². The minimum absolute atomic E-state index is 0.377. The third-order valence-electron chi connectivity index (χ3n) is 2.76. The van der Waals surface area contributed by atoms with Crippen LogP contribution in [0.5, 0.6) is 0 Å². The van der Waals surface area contributed by atoms with Crippen LogP contribution in [0.15, 0.2) is 24.3 Å². The first-order chi connectivity index (χ1) is 7.24. The van der Waals surface area contributed by atoms with Crippen molar-refractivity contribution in [3.8, 4) is 0 Å². The molecule has 0 aliphatic heterocycles. The van der Waals surface area contributed by atoms with Gasteiger partial charge in [0.05, 0.1) is 5.56 Å². The summed E-state index contributed by atoms with van der Waals surface area (Å²) in [5.74, 6) is -0.105. The van der Waals surface area contributed by atoms with Crippen molar-refractivity contribution in [3.05, 3.63) is 34.7 Å². The van der Waals surface area contributed by atoms with Gasteiger partial charge in [0.1, 0.15) is 0 Å². The van der Waals surface area contributed by atoms with Crippen LogP contribution < -0.4 is 0 Å². The van der Waals surface area contributed by atoms with E-state index in [0.29, 0.717) is 5.56 Å². The first-order valence-electron chi connectivity index (χ1n) is 5.01. The van der Waals surface area contributed by atoms with Crippen molar-refractivity contribution in [3.63, 3.8) is 0 Å². The molecular weight excluding hydrogens is 208 g/mol. The van der Waals surface area contributed by atoms with Crippen LogP contribution in [0.3, 0.4) is 0 Å². The Hall–Kier alpha value is -1.35. The number of carboxylic acid groups (broad SMARTS) is 1. The summed E-state index contributed by atoms with van der Waals surface area (Å²) in [7, 11) is 0. The zero-order valence-corrected chi connectivity index (χ0v) is 8.88. The van der Waals surface area contributed by atoms with Gasteiger partial charge < -0.3 is 5.11 Å². The maximum Gasteiger partial charge on any atom is 0.335 e. The molecule has 1 N–H and O–H groups in total. The van der Waals surface area contributed by atoms with Crippen LogP contribution in [0, 0.1) is 0 Å². The van der Waals surface area contributed by atoms with Gasteiger partial charge in [0, 0.05) is 9.58 Å². The standard InChI is InChI=1S/C12H10O2S/c13-12(14)8-3-4-10-9(5-8)6-11(15-10)7-1-2-7/h3-7H,1-2H2,(H,13,14). The zero-order chi connectivity index (χ0) is 10.4. The number of hydrogen-bond donors (Lipinski definition) is 1. The molecule has 1 fully saturated rings. The van der Waals surface area contributed by atoms with E-state index in [1.165, 1.54) is 22.4 Å². The third kappa shape index (κ3) is 1.53. The van der Waals surface area contributed by atoms with Crippen molar-refractivity contribution in [2.24, 2.45) is 0 Å². The lowest BCUT2D eigenvalue weighted by Crippen LogP contribution is -1.94. The van der Waals surface area contributed by atoms with E-state index in [9.17, 15) is 4.79 Å². The fraction of sp³-hybridized carbons (Fsp3) is 0.250. The normalized spacial score (nSPS) is 15.7. The highest BCUT2D eigenvalue weighted by Gasteiger charge is 2.25. The minimum Gasteiger partial charge on any atom is -0.478 e. The molecule has 0 amide bonds. The molecule has 0 bridgehead atoms. The maximum absolute atomic E-state index is 10.8. The largest absolute Gasteiger partial charge is 0.478 e. The van der Waals surface area contributed by atoms with E-state index in [0.717, 1.165) is 11.3 Å². The van der Waals surface area contributed by atoms with Crippen molar-refractivity contribution in [2.75, 3.05) is 0 Å². The summed E-state index contributed by atoms with van der Waals surface area (Å²) in [6.45, 7) is 0. The predicted molar refractivity (Wildman–Crippen MR) is 60.8 cm³/mol. The Labute approximate surface area is 91.2 Å². The van der Waals surface area contributed by atoms with Crippen LogP contribution in [0.25, 0.3) is 10.1 Å². The second-order valence-corrected chi connectivity index (χ2v) is 5.10. The molecule has 0 unspecified atom stereocenters. The molecular formula is C12H10O2S. The highest BCUT2D eigenvalue weighted by atomic mass is 32.1. The van der Waals surface area contributed by atoms with Gasteiger partial charge >= 0.3 is 5.97 Å². The molecule has 1 saturated carbocycles. The summed E-state index contributed by atoms with van der Waals surface area (Å²) in [5, 5.41) is 9.95. The molecule has 1 aromatic carbocycles. The van der Waals surface area contributed by atoms with Crippen molar-refractivity contribution < 1.29 is 9.90 Å². The van der Waals surface area contributed by atoms with Crippen LogP contribution in [-0.4, -0.2) is 11.1 Å². The van der Waals surface area contributed by atoms with Crippen molar-refractivity contribution in [2.45, 2.75) is 18.8 Å². The summed E-state index contributed by atoms with van der Waals surface area (Å²) in [6, 6.07) is 7.50. The number of hydrogen-bond acceptors (Lipinski definition) is 2. The molecule has 1 aliphatic rings. The monoisotopic (exact) mass is 218 g/mol. The molecule has 1 heterocycles. The van der Waals surface area contributed by atoms with E-state index < -0.39 is 5.97 Å². The van der Waals surface area contributed by atoms with E-state index >= 15 is 0 Å². The Kier molecular flexibility index (Phi) is 1.83. The Morgan fingerprint density at radius 3 is 2.80 bits per heavy atom. The smallest absolute Gasteiger partial charge is 0.335 e. The molecule has 1 aliphatic carbocycles. The van der Waals surface area contributed by atoms with E-state index in [1.54, 1.807) is 23.5 Å². The number of aromatic carboxylic acids is 1. The van der Waals surface area contributed by atoms with Gasteiger partial charge in [-0.15, -0.1) is 11.3 Å². The van der Waals surface area contributed by atoms with Crippen LogP contribution in [0.2, 0.25) is 0 Å². The van der Waals surface area contributed by atoms with Gasteiger partial charge in [-0.1, -0.05) is 0 Å². The van der Waals surface area contributed by atoms with Gasteiger partial charge in [-0.2, -0.15) is 0 Å². The van der Waals surface area contributed by atoms with E-state index in [1.807, 2.05) is 6.07 Å². The first kappa shape index (κ1) is 8.92. The minimum atomic E-state index is -0.851. The molecule has 2 aromatic rings. The molecule has 3 rings (SSSR count). The molecule has 3 heteroatoms. The molecule has 0 radical (unpaired) electrons. The summed E-state index contributed by atoms with van der Waals surface area (Å²) < 4.78 is 1.20. The topological polar surface area (TPSA) is 37.3 Å². The summed E-state index contributed by atoms with van der Waals surface area (Å²) in [6.07, 6.45) is 2.58. The molecule has 15 heavy (non-hydrogen) atoms. The van der Waals surface area contributed by atoms with Gasteiger partial charge in [0.15, 0.2) is 0 Å². The van der Waals surface area contributed by atoms with Gasteiger partial charge in [0.25, 0.3) is 0 Å². The van der Waals surface area contributed by atoms with Crippen molar-refractivity contribution in [1.29, 1.82) is 0 Å². The van der Waals surface area contributed by atoms with E-state index in [2.05, 4.69) is 6.07 Å². The Morgan fingerprint density at radius 2 is 2.13 bits per heavy atom. The molecule has 76 valence electrons. The van der Waals surface area contributed by atoms with Gasteiger partial charge in [0.2, 0.25) is 0 Å². The van der Waals surface area contributed by atoms with Crippen LogP contribution in [-0.2, 0) is 0 Å². The van der Waals surface area contributed by atoms with Gasteiger partial charge in [-0.25, -0.2) is 4.79 Å². The zero-order valence-electron chi connectivity index (χ0n) is 8.06. The Balaban J connectivity index is 2.13. The number of rotatable bonds is 2. The molecule has 0 atom stereocenters. The molecule has 2 nitrogen and oxygen atoms in total. The third-order valence-corrected chi connectivity index (χ3v) is 4.04. The molecule has 0 saturated heterocycles. The van der Waals surface area contributed by atoms with Crippen molar-refractivity contribution in [1.82, 2.24) is 0 Å². The maximum atomic E-state index is 10.8. The lowest BCUT2D eigenvalue weighted by Gasteiger charge is -1.92. The second-order valence-electron chi connectivity index (χ2n) is 3.98. The van der Waals surface area contributed by atoms with E-state index in [4.69, 9.17) is 5.11 Å². The fourth-order valence-electron chi connectivity index (χ4n) is 1.77. The summed E-state index contributed by atoms with van der Waals surface area (Å²) in [5.41, 5.74) is 0.377. The highest BCUT2D eigenvalue weighted by Crippen LogP contribution is 2.45. The number of carboxylic acids is 1. The van der Waals surface area contributed by atoms with Crippen LogP contribution in [0.1, 0.15) is 34.0 Å². The molecule has 0 spiro atoms. The number of benzene rings is 1. The summed E-state index contributed by atoms with van der Waals surface area (Å²) in [4.78, 5) is 12.2. The highest BCUT2D eigenvalue weighted by molar-refractivity contribution is 7.19.